The summed E-state index contributed by atoms with van der Waals surface area (Å²) < 4.78 is 43.9. The summed E-state index contributed by atoms with van der Waals surface area (Å²) in [6.07, 6.45) is -3.17. The Labute approximate surface area is 136 Å². The molecule has 1 N–H and O–H groups in total. The Bertz CT molecular complexity index is 734. The number of benzene rings is 1. The summed E-state index contributed by atoms with van der Waals surface area (Å²) in [7, 11) is 0. The molecule has 128 valence electrons. The molecule has 1 aliphatic rings. The van der Waals surface area contributed by atoms with Crippen LogP contribution in [0.4, 0.5) is 13.2 Å². The van der Waals surface area contributed by atoms with E-state index in [2.05, 4.69) is 10.4 Å². The van der Waals surface area contributed by atoms with Gasteiger partial charge in [-0.2, -0.15) is 18.3 Å². The van der Waals surface area contributed by atoms with Gasteiger partial charge in [0.05, 0.1) is 25.3 Å². The molecule has 5 nitrogen and oxygen atoms in total. The first-order valence-corrected chi connectivity index (χ1v) is 7.35. The molecule has 0 spiro atoms. The first kappa shape index (κ1) is 16.5. The molecule has 0 radical (unpaired) electrons. The fourth-order valence-corrected chi connectivity index (χ4v) is 2.38. The molecule has 1 fully saturated rings. The predicted molar refractivity (Wildman–Crippen MR) is 79.5 cm³/mol. The van der Waals surface area contributed by atoms with Crippen LogP contribution in [-0.4, -0.2) is 34.4 Å². The van der Waals surface area contributed by atoms with Crippen molar-refractivity contribution in [1.29, 1.82) is 0 Å². The second-order valence-electron chi connectivity index (χ2n) is 6.10. The van der Waals surface area contributed by atoms with Gasteiger partial charge in [0, 0.05) is 11.8 Å². The Morgan fingerprint density at radius 2 is 1.96 bits per heavy atom. The Kier molecular flexibility index (Phi) is 4.08. The lowest BCUT2D eigenvalue weighted by atomic mass is 10.00. The highest BCUT2D eigenvalue weighted by molar-refractivity contribution is 5.94. The normalized spacial score (nSPS) is 16.5. The summed E-state index contributed by atoms with van der Waals surface area (Å²) in [5, 5.41) is 6.39. The summed E-state index contributed by atoms with van der Waals surface area (Å²) in [6.45, 7) is 3.07. The van der Waals surface area contributed by atoms with Crippen LogP contribution in [0.15, 0.2) is 36.5 Å². The topological polar surface area (TPSA) is 56.2 Å². The number of hydrogen-bond donors (Lipinski definition) is 1. The molecule has 1 aromatic heterocycles. The van der Waals surface area contributed by atoms with Crippen LogP contribution < -0.4 is 5.32 Å². The summed E-state index contributed by atoms with van der Waals surface area (Å²) in [5.74, 6) is -0.203. The van der Waals surface area contributed by atoms with Crippen LogP contribution in [0.2, 0.25) is 0 Å². The number of nitrogens with zero attached hydrogens (tertiary/aromatic N) is 2. The van der Waals surface area contributed by atoms with Gasteiger partial charge in [0.1, 0.15) is 0 Å². The van der Waals surface area contributed by atoms with E-state index in [0.29, 0.717) is 18.8 Å². The zero-order valence-electron chi connectivity index (χ0n) is 12.9. The SMILES string of the molecule is CC1(NC(=O)c2ccc(Cn3ccc(C(F)(F)F)n3)cc2)COC1. The third-order valence-electron chi connectivity index (χ3n) is 3.75. The molecule has 0 bridgehead atoms. The Morgan fingerprint density at radius 1 is 1.29 bits per heavy atom. The summed E-state index contributed by atoms with van der Waals surface area (Å²) in [5.41, 5.74) is -0.0157. The predicted octanol–water partition coefficient (Wildman–Crippen LogP) is 2.47. The molecule has 1 amide bonds. The molecule has 0 unspecified atom stereocenters. The molecule has 2 aromatic rings. The number of nitrogens with one attached hydrogen (secondary N) is 1. The van der Waals surface area contributed by atoms with E-state index >= 15 is 0 Å². The van der Waals surface area contributed by atoms with Crippen LogP contribution in [-0.2, 0) is 17.5 Å². The highest BCUT2D eigenvalue weighted by Crippen LogP contribution is 2.27. The van der Waals surface area contributed by atoms with E-state index in [1.165, 1.54) is 10.9 Å². The fraction of sp³-hybridized carbons (Fsp3) is 0.375. The monoisotopic (exact) mass is 339 g/mol. The first-order valence-electron chi connectivity index (χ1n) is 7.35. The van der Waals surface area contributed by atoms with Crippen molar-refractivity contribution >= 4 is 5.91 Å². The van der Waals surface area contributed by atoms with E-state index in [4.69, 9.17) is 4.74 Å². The van der Waals surface area contributed by atoms with E-state index in [9.17, 15) is 18.0 Å². The molecule has 1 aliphatic heterocycles. The second-order valence-corrected chi connectivity index (χ2v) is 6.10. The van der Waals surface area contributed by atoms with Crippen LogP contribution in [0, 0.1) is 0 Å². The van der Waals surface area contributed by atoms with E-state index in [0.717, 1.165) is 11.6 Å². The van der Waals surface area contributed by atoms with Gasteiger partial charge in [-0.15, -0.1) is 0 Å². The van der Waals surface area contributed by atoms with Crippen molar-refractivity contribution in [2.24, 2.45) is 0 Å². The smallest absolute Gasteiger partial charge is 0.376 e. The number of amides is 1. The molecule has 1 saturated heterocycles. The van der Waals surface area contributed by atoms with Gasteiger partial charge in [0.2, 0.25) is 0 Å². The molecule has 0 aliphatic carbocycles. The van der Waals surface area contributed by atoms with Crippen molar-refractivity contribution in [1.82, 2.24) is 15.1 Å². The van der Waals surface area contributed by atoms with Crippen molar-refractivity contribution in [2.75, 3.05) is 13.2 Å². The average Bonchev–Trinajstić information content (AvgIpc) is 2.95. The van der Waals surface area contributed by atoms with Crippen molar-refractivity contribution < 1.29 is 22.7 Å². The maximum Gasteiger partial charge on any atom is 0.435 e. The van der Waals surface area contributed by atoms with Gasteiger partial charge in [-0.1, -0.05) is 12.1 Å². The first-order chi connectivity index (χ1) is 11.3. The van der Waals surface area contributed by atoms with Gasteiger partial charge in [-0.05, 0) is 30.7 Å². The highest BCUT2D eigenvalue weighted by atomic mass is 19.4. The molecular formula is C16H16F3N3O2. The van der Waals surface area contributed by atoms with Crippen LogP contribution >= 0.6 is 0 Å². The van der Waals surface area contributed by atoms with Gasteiger partial charge in [-0.3, -0.25) is 9.48 Å². The van der Waals surface area contributed by atoms with Gasteiger partial charge in [-0.25, -0.2) is 0 Å². The number of hydrogen-bond acceptors (Lipinski definition) is 3. The zero-order chi connectivity index (χ0) is 17.4. The summed E-state index contributed by atoms with van der Waals surface area (Å²) >= 11 is 0. The molecule has 8 heteroatoms. The largest absolute Gasteiger partial charge is 0.435 e. The third-order valence-corrected chi connectivity index (χ3v) is 3.75. The number of aromatic nitrogens is 2. The number of carbonyl (C=O) groups is 1. The van der Waals surface area contributed by atoms with E-state index < -0.39 is 11.9 Å². The van der Waals surface area contributed by atoms with Crippen molar-refractivity contribution in [3.63, 3.8) is 0 Å². The van der Waals surface area contributed by atoms with E-state index in [1.807, 2.05) is 6.92 Å². The third kappa shape index (κ3) is 3.59. The maximum atomic E-state index is 12.5. The van der Waals surface area contributed by atoms with E-state index in [1.54, 1.807) is 24.3 Å². The second kappa shape index (κ2) is 5.94. The van der Waals surface area contributed by atoms with Gasteiger partial charge in [0.25, 0.3) is 5.91 Å². The molecule has 3 rings (SSSR count). The Balaban J connectivity index is 1.64. The molecular weight excluding hydrogens is 323 g/mol. The van der Waals surface area contributed by atoms with Gasteiger partial charge >= 0.3 is 6.18 Å². The minimum Gasteiger partial charge on any atom is -0.376 e. The summed E-state index contributed by atoms with van der Waals surface area (Å²) in [6, 6.07) is 7.61. The molecule has 24 heavy (non-hydrogen) atoms. The minimum absolute atomic E-state index is 0.198. The molecule has 0 atom stereocenters. The molecule has 2 heterocycles. The number of halogens is 3. The Hall–Kier alpha value is -2.35. The number of alkyl halides is 3. The Morgan fingerprint density at radius 3 is 2.46 bits per heavy atom. The lowest BCUT2D eigenvalue weighted by molar-refractivity contribution is -0.141. The van der Waals surface area contributed by atoms with Crippen LogP contribution in [0.1, 0.15) is 28.5 Å². The molecule has 1 aromatic carbocycles. The summed E-state index contributed by atoms with van der Waals surface area (Å²) in [4.78, 5) is 12.1. The fourth-order valence-electron chi connectivity index (χ4n) is 2.38. The molecule has 0 saturated carbocycles. The van der Waals surface area contributed by atoms with Crippen LogP contribution in [0.5, 0.6) is 0 Å². The van der Waals surface area contributed by atoms with Crippen molar-refractivity contribution in [2.45, 2.75) is 25.2 Å². The quantitative estimate of drug-likeness (QED) is 0.931. The zero-order valence-corrected chi connectivity index (χ0v) is 12.9. The van der Waals surface area contributed by atoms with Crippen LogP contribution in [0.3, 0.4) is 0 Å². The van der Waals surface area contributed by atoms with Gasteiger partial charge < -0.3 is 10.1 Å². The lowest BCUT2D eigenvalue weighted by Crippen LogP contribution is -2.59. The maximum absolute atomic E-state index is 12.5. The lowest BCUT2D eigenvalue weighted by Gasteiger charge is -2.38. The number of rotatable bonds is 4. The van der Waals surface area contributed by atoms with Crippen LogP contribution in [0.25, 0.3) is 0 Å². The minimum atomic E-state index is -4.45. The standard InChI is InChI=1S/C16H16F3N3O2/c1-15(9-24-10-15)20-14(23)12-4-2-11(3-5-12)8-22-7-6-13(21-22)16(17,18)19/h2-7H,8-10H2,1H3,(H,20,23). The van der Waals surface area contributed by atoms with E-state index in [-0.39, 0.29) is 18.0 Å². The number of carbonyl (C=O) groups excluding carboxylic acids is 1. The van der Waals surface area contributed by atoms with Crippen molar-refractivity contribution in [3.8, 4) is 0 Å². The van der Waals surface area contributed by atoms with Gasteiger partial charge in [0.15, 0.2) is 5.69 Å². The highest BCUT2D eigenvalue weighted by Gasteiger charge is 2.35. The number of ether oxygens (including phenoxy) is 1. The van der Waals surface area contributed by atoms with Crippen molar-refractivity contribution in [3.05, 3.63) is 53.3 Å². The average molecular weight is 339 g/mol.